The number of hydrogen-bond donors (Lipinski definition) is 2. The van der Waals surface area contributed by atoms with Crippen LogP contribution in [0.15, 0.2) is 48.5 Å². The van der Waals surface area contributed by atoms with Crippen LogP contribution in [-0.2, 0) is 4.79 Å². The fourth-order valence-electron chi connectivity index (χ4n) is 2.71. The van der Waals surface area contributed by atoms with Gasteiger partial charge in [-0.2, -0.15) is 0 Å². The second-order valence-corrected chi connectivity index (χ2v) is 6.13. The van der Waals surface area contributed by atoms with E-state index in [0.717, 1.165) is 0 Å². The molecule has 134 valence electrons. The monoisotopic (exact) mass is 342 g/mol. The molecule has 0 saturated carbocycles. The zero-order valence-corrected chi connectivity index (χ0v) is 15.2. The SMILES string of the molecule is COc1ccc(OC)c(NC(=O)CN[C@H](c2ccccc2)C(C)C)c1. The Kier molecular flexibility index (Phi) is 6.83. The molecule has 2 aromatic rings. The van der Waals surface area contributed by atoms with Gasteiger partial charge in [-0.1, -0.05) is 44.2 Å². The molecule has 2 aromatic carbocycles. The molecule has 1 amide bonds. The van der Waals surface area contributed by atoms with Crippen molar-refractivity contribution in [3.8, 4) is 11.5 Å². The molecule has 0 heterocycles. The third kappa shape index (κ3) is 5.22. The number of carbonyl (C=O) groups excluding carboxylic acids is 1. The molecule has 0 aromatic heterocycles. The summed E-state index contributed by atoms with van der Waals surface area (Å²) in [6.07, 6.45) is 0. The molecule has 1 atom stereocenters. The Bertz CT molecular complexity index is 687. The fourth-order valence-corrected chi connectivity index (χ4v) is 2.71. The zero-order valence-electron chi connectivity index (χ0n) is 15.2. The summed E-state index contributed by atoms with van der Waals surface area (Å²) in [5.41, 5.74) is 1.76. The molecule has 2 N–H and O–H groups in total. The van der Waals surface area contributed by atoms with Crippen molar-refractivity contribution in [2.45, 2.75) is 19.9 Å². The molecule has 25 heavy (non-hydrogen) atoms. The molecule has 5 nitrogen and oxygen atoms in total. The van der Waals surface area contributed by atoms with Gasteiger partial charge in [-0.05, 0) is 23.6 Å². The summed E-state index contributed by atoms with van der Waals surface area (Å²) in [4.78, 5) is 12.4. The maximum absolute atomic E-state index is 12.4. The first-order valence-electron chi connectivity index (χ1n) is 8.35. The highest BCUT2D eigenvalue weighted by atomic mass is 16.5. The molecule has 0 aliphatic rings. The summed E-state index contributed by atoms with van der Waals surface area (Å²) in [7, 11) is 3.15. The number of nitrogens with one attached hydrogen (secondary N) is 2. The summed E-state index contributed by atoms with van der Waals surface area (Å²) in [5.74, 6) is 1.49. The van der Waals surface area contributed by atoms with Gasteiger partial charge in [-0.15, -0.1) is 0 Å². The molecular formula is C20H26N2O3. The van der Waals surface area contributed by atoms with E-state index in [9.17, 15) is 4.79 Å². The Morgan fingerprint density at radius 3 is 2.36 bits per heavy atom. The topological polar surface area (TPSA) is 59.6 Å². The molecule has 0 aliphatic heterocycles. The maximum atomic E-state index is 12.4. The van der Waals surface area contributed by atoms with E-state index >= 15 is 0 Å². The normalized spacial score (nSPS) is 11.9. The first-order chi connectivity index (χ1) is 12.0. The van der Waals surface area contributed by atoms with Crippen LogP contribution in [0.5, 0.6) is 11.5 Å². The second-order valence-electron chi connectivity index (χ2n) is 6.13. The average Bonchev–Trinajstić information content (AvgIpc) is 2.62. The number of ether oxygens (including phenoxy) is 2. The van der Waals surface area contributed by atoms with Gasteiger partial charge in [-0.25, -0.2) is 0 Å². The summed E-state index contributed by atoms with van der Waals surface area (Å²) in [6, 6.07) is 15.6. The molecule has 2 rings (SSSR count). The predicted octanol–water partition coefficient (Wildman–Crippen LogP) is 3.63. The van der Waals surface area contributed by atoms with E-state index in [4.69, 9.17) is 9.47 Å². The lowest BCUT2D eigenvalue weighted by Crippen LogP contribution is -2.33. The van der Waals surface area contributed by atoms with Crippen molar-refractivity contribution in [1.29, 1.82) is 0 Å². The third-order valence-electron chi connectivity index (χ3n) is 3.99. The van der Waals surface area contributed by atoms with E-state index in [0.29, 0.717) is 23.1 Å². The van der Waals surface area contributed by atoms with Crippen molar-refractivity contribution in [2.75, 3.05) is 26.1 Å². The molecular weight excluding hydrogens is 316 g/mol. The van der Waals surface area contributed by atoms with Gasteiger partial charge in [0.25, 0.3) is 0 Å². The van der Waals surface area contributed by atoms with Crippen LogP contribution < -0.4 is 20.1 Å². The van der Waals surface area contributed by atoms with Crippen LogP contribution in [0.4, 0.5) is 5.69 Å². The molecule has 0 unspecified atom stereocenters. The largest absolute Gasteiger partial charge is 0.497 e. The van der Waals surface area contributed by atoms with Crippen LogP contribution >= 0.6 is 0 Å². The molecule has 0 bridgehead atoms. The lowest BCUT2D eigenvalue weighted by molar-refractivity contribution is -0.115. The van der Waals surface area contributed by atoms with Gasteiger partial charge < -0.3 is 20.1 Å². The Morgan fingerprint density at radius 2 is 1.76 bits per heavy atom. The van der Waals surface area contributed by atoms with Gasteiger partial charge in [0.1, 0.15) is 11.5 Å². The van der Waals surface area contributed by atoms with Crippen molar-refractivity contribution in [3.63, 3.8) is 0 Å². The number of hydrogen-bond acceptors (Lipinski definition) is 4. The van der Waals surface area contributed by atoms with E-state index in [1.165, 1.54) is 5.56 Å². The summed E-state index contributed by atoms with van der Waals surface area (Å²) >= 11 is 0. The quantitative estimate of drug-likeness (QED) is 0.769. The second kappa shape index (κ2) is 9.08. The third-order valence-corrected chi connectivity index (χ3v) is 3.99. The minimum Gasteiger partial charge on any atom is -0.497 e. The van der Waals surface area contributed by atoms with Crippen LogP contribution in [0.1, 0.15) is 25.5 Å². The minimum absolute atomic E-state index is 0.110. The van der Waals surface area contributed by atoms with Crippen LogP contribution in [0.2, 0.25) is 0 Å². The Morgan fingerprint density at radius 1 is 1.04 bits per heavy atom. The Hall–Kier alpha value is -2.53. The number of anilines is 1. The first kappa shape index (κ1) is 18.8. The molecule has 0 spiro atoms. The minimum atomic E-state index is -0.131. The number of amides is 1. The van der Waals surface area contributed by atoms with Crippen LogP contribution in [0.3, 0.4) is 0 Å². The Balaban J connectivity index is 2.02. The summed E-state index contributed by atoms with van der Waals surface area (Å²) < 4.78 is 10.5. The molecule has 5 heteroatoms. The van der Waals surface area contributed by atoms with E-state index in [1.807, 2.05) is 18.2 Å². The molecule has 0 saturated heterocycles. The van der Waals surface area contributed by atoms with Gasteiger partial charge >= 0.3 is 0 Å². The first-order valence-corrected chi connectivity index (χ1v) is 8.35. The molecule has 0 aliphatic carbocycles. The lowest BCUT2D eigenvalue weighted by Gasteiger charge is -2.23. The number of rotatable bonds is 8. The fraction of sp³-hybridized carbons (Fsp3) is 0.350. The van der Waals surface area contributed by atoms with Gasteiger partial charge in [-0.3, -0.25) is 4.79 Å². The van der Waals surface area contributed by atoms with Crippen molar-refractivity contribution < 1.29 is 14.3 Å². The van der Waals surface area contributed by atoms with Gasteiger partial charge in [0.15, 0.2) is 0 Å². The maximum Gasteiger partial charge on any atom is 0.238 e. The summed E-state index contributed by atoms with van der Waals surface area (Å²) in [5, 5.41) is 6.21. The van der Waals surface area contributed by atoms with Crippen molar-refractivity contribution in [1.82, 2.24) is 5.32 Å². The van der Waals surface area contributed by atoms with E-state index in [2.05, 4.69) is 36.6 Å². The van der Waals surface area contributed by atoms with Gasteiger partial charge in [0.2, 0.25) is 5.91 Å². The Labute approximate surface area is 149 Å². The highest BCUT2D eigenvalue weighted by Gasteiger charge is 2.17. The molecule has 0 radical (unpaired) electrons. The smallest absolute Gasteiger partial charge is 0.238 e. The van der Waals surface area contributed by atoms with Gasteiger partial charge in [0.05, 0.1) is 26.5 Å². The highest BCUT2D eigenvalue weighted by molar-refractivity contribution is 5.94. The lowest BCUT2D eigenvalue weighted by atomic mass is 9.96. The zero-order chi connectivity index (χ0) is 18.2. The average molecular weight is 342 g/mol. The highest BCUT2D eigenvalue weighted by Crippen LogP contribution is 2.29. The standard InChI is InChI=1S/C20H26N2O3/c1-14(2)20(15-8-6-5-7-9-15)21-13-19(23)22-17-12-16(24-3)10-11-18(17)25-4/h5-12,14,20-21H,13H2,1-4H3,(H,22,23)/t20-/m0/s1. The number of benzene rings is 2. The van der Waals surface area contributed by atoms with E-state index in [-0.39, 0.29) is 18.5 Å². The van der Waals surface area contributed by atoms with Gasteiger partial charge in [0, 0.05) is 12.1 Å². The van der Waals surface area contributed by atoms with Crippen molar-refractivity contribution in [3.05, 3.63) is 54.1 Å². The van der Waals surface area contributed by atoms with Crippen LogP contribution in [0.25, 0.3) is 0 Å². The summed E-state index contributed by atoms with van der Waals surface area (Å²) in [6.45, 7) is 4.47. The van der Waals surface area contributed by atoms with Crippen LogP contribution in [-0.4, -0.2) is 26.7 Å². The van der Waals surface area contributed by atoms with Crippen molar-refractivity contribution >= 4 is 11.6 Å². The van der Waals surface area contributed by atoms with Crippen LogP contribution in [0, 0.1) is 5.92 Å². The predicted molar refractivity (Wildman–Crippen MR) is 100 cm³/mol. The number of methoxy groups -OCH3 is 2. The van der Waals surface area contributed by atoms with Crippen molar-refractivity contribution in [2.24, 2.45) is 5.92 Å². The van der Waals surface area contributed by atoms with E-state index < -0.39 is 0 Å². The molecule has 0 fully saturated rings. The number of carbonyl (C=O) groups is 1. The van der Waals surface area contributed by atoms with E-state index in [1.54, 1.807) is 32.4 Å².